The van der Waals surface area contributed by atoms with Crippen LogP contribution in [-0.4, -0.2) is 9.67 Å². The van der Waals surface area contributed by atoms with Crippen LogP contribution >= 0.6 is 0 Å². The van der Waals surface area contributed by atoms with Crippen LogP contribution in [-0.2, 0) is 10.8 Å². The van der Waals surface area contributed by atoms with E-state index in [1.165, 1.54) is 5.56 Å². The summed E-state index contributed by atoms with van der Waals surface area (Å²) in [7, 11) is 0. The molecule has 0 aliphatic heterocycles. The lowest BCUT2D eigenvalue weighted by Gasteiger charge is -2.28. The second-order valence-electron chi connectivity index (χ2n) is 8.66. The maximum Gasteiger partial charge on any atom is 0.243 e. The second-order valence-corrected chi connectivity index (χ2v) is 8.66. The smallest absolute Gasteiger partial charge is 0.243 e. The fourth-order valence-electron chi connectivity index (χ4n) is 2.56. The zero-order chi connectivity index (χ0) is 17.6. The second kappa shape index (κ2) is 5.70. The Labute approximate surface area is 140 Å². The van der Waals surface area contributed by atoms with Crippen LogP contribution in [0.1, 0.15) is 72.6 Å². The molecule has 1 aromatic heterocycles. The van der Waals surface area contributed by atoms with Crippen molar-refractivity contribution in [2.45, 2.75) is 72.3 Å². The van der Waals surface area contributed by atoms with Gasteiger partial charge in [0.15, 0.2) is 0 Å². The van der Waals surface area contributed by atoms with Crippen LogP contribution < -0.4 is 4.57 Å². The van der Waals surface area contributed by atoms with E-state index in [9.17, 15) is 5.11 Å². The molecule has 0 fully saturated rings. The summed E-state index contributed by atoms with van der Waals surface area (Å²) in [6.45, 7) is 17.2. The van der Waals surface area contributed by atoms with Crippen LogP contribution in [0.5, 0.6) is 5.75 Å². The van der Waals surface area contributed by atoms with Gasteiger partial charge in [-0.2, -0.15) is 0 Å². The third-order valence-corrected chi connectivity index (χ3v) is 4.18. The number of nitrogens with zero attached hydrogens (tertiary/aromatic N) is 2. The number of hydrogen-bond donors (Lipinski definition) is 1. The largest absolute Gasteiger partial charge is 0.513 e. The van der Waals surface area contributed by atoms with Gasteiger partial charge in [-0.15, -0.1) is 0 Å². The summed E-state index contributed by atoms with van der Waals surface area (Å²) in [6, 6.07) is 4.55. The molecule has 0 atom stereocenters. The molecule has 0 spiro atoms. The topological polar surface area (TPSA) is 29.0 Å². The molecule has 0 bridgehead atoms. The third-order valence-electron chi connectivity index (χ3n) is 4.18. The summed E-state index contributed by atoms with van der Waals surface area (Å²) >= 11 is 0. The summed E-state index contributed by atoms with van der Waals surface area (Å²) in [5.41, 5.74) is 2.87. The number of aromatic hydroxyl groups is 1. The molecule has 0 radical (unpaired) electrons. The van der Waals surface area contributed by atoms with Gasteiger partial charge in [0, 0.05) is 12.4 Å². The van der Waals surface area contributed by atoms with E-state index in [-0.39, 0.29) is 10.8 Å². The van der Waals surface area contributed by atoms with Crippen LogP contribution in [0.15, 0.2) is 24.5 Å². The van der Waals surface area contributed by atoms with Crippen molar-refractivity contribution in [2.75, 3.05) is 0 Å². The van der Waals surface area contributed by atoms with E-state index in [0.717, 1.165) is 11.3 Å². The SMILES string of the molecule is CC(C)n1[c-][n+](-c2cc(C(C)(C)C)cc(C(C)(C)C)c2O)cc1. The van der Waals surface area contributed by atoms with E-state index >= 15 is 0 Å². The normalized spacial score (nSPS) is 12.9. The first-order valence-electron chi connectivity index (χ1n) is 8.31. The molecule has 2 rings (SSSR count). The molecule has 0 amide bonds. The van der Waals surface area contributed by atoms with Gasteiger partial charge in [-0.1, -0.05) is 53.7 Å². The average molecular weight is 314 g/mol. The van der Waals surface area contributed by atoms with Gasteiger partial charge in [0.1, 0.15) is 5.75 Å². The van der Waals surface area contributed by atoms with Gasteiger partial charge in [0.2, 0.25) is 6.33 Å². The van der Waals surface area contributed by atoms with Crippen molar-refractivity contribution in [3.63, 3.8) is 0 Å². The number of phenols is 1. The number of aromatic nitrogens is 2. The van der Waals surface area contributed by atoms with E-state index in [1.807, 2.05) is 21.5 Å². The first kappa shape index (κ1) is 17.6. The molecule has 23 heavy (non-hydrogen) atoms. The van der Waals surface area contributed by atoms with E-state index in [1.54, 1.807) is 0 Å². The number of benzene rings is 1. The van der Waals surface area contributed by atoms with Crippen LogP contribution in [0.3, 0.4) is 0 Å². The predicted molar refractivity (Wildman–Crippen MR) is 94.2 cm³/mol. The maximum absolute atomic E-state index is 10.9. The molecule has 1 N–H and O–H groups in total. The lowest BCUT2D eigenvalue weighted by molar-refractivity contribution is -0.600. The van der Waals surface area contributed by atoms with Crippen molar-refractivity contribution in [2.24, 2.45) is 0 Å². The van der Waals surface area contributed by atoms with E-state index in [4.69, 9.17) is 0 Å². The molecule has 1 heterocycles. The highest BCUT2D eigenvalue weighted by molar-refractivity contribution is 5.52. The number of hydrogen-bond acceptors (Lipinski definition) is 1. The Morgan fingerprint density at radius 3 is 2.09 bits per heavy atom. The molecule has 3 heteroatoms. The molecule has 3 nitrogen and oxygen atoms in total. The van der Waals surface area contributed by atoms with Crippen molar-refractivity contribution in [3.8, 4) is 11.4 Å². The summed E-state index contributed by atoms with van der Waals surface area (Å²) in [5, 5.41) is 10.9. The van der Waals surface area contributed by atoms with Crippen LogP contribution in [0.25, 0.3) is 5.69 Å². The first-order valence-corrected chi connectivity index (χ1v) is 8.31. The molecule has 126 valence electrons. The van der Waals surface area contributed by atoms with Crippen molar-refractivity contribution < 1.29 is 9.67 Å². The minimum Gasteiger partial charge on any atom is -0.513 e. The summed E-state index contributed by atoms with van der Waals surface area (Å²) in [5.74, 6) is 0.341. The minimum atomic E-state index is -0.124. The van der Waals surface area contributed by atoms with Gasteiger partial charge in [-0.05, 0) is 35.8 Å². The highest BCUT2D eigenvalue weighted by Crippen LogP contribution is 2.37. The van der Waals surface area contributed by atoms with E-state index < -0.39 is 0 Å². The van der Waals surface area contributed by atoms with Gasteiger partial charge in [-0.25, -0.2) is 0 Å². The maximum atomic E-state index is 10.9. The molecule has 0 aliphatic carbocycles. The fourth-order valence-corrected chi connectivity index (χ4v) is 2.56. The first-order chi connectivity index (χ1) is 10.4. The van der Waals surface area contributed by atoms with Crippen LogP contribution in [0.4, 0.5) is 0 Å². The third kappa shape index (κ3) is 3.60. The van der Waals surface area contributed by atoms with E-state index in [0.29, 0.717) is 11.8 Å². The van der Waals surface area contributed by atoms with Crippen molar-refractivity contribution in [1.82, 2.24) is 4.57 Å². The molecule has 0 unspecified atom stereocenters. The Bertz CT molecular complexity index is 697. The molecular weight excluding hydrogens is 284 g/mol. The van der Waals surface area contributed by atoms with Gasteiger partial charge in [-0.3, -0.25) is 0 Å². The predicted octanol–water partition coefficient (Wildman–Crippen LogP) is 4.45. The van der Waals surface area contributed by atoms with Gasteiger partial charge < -0.3 is 14.2 Å². The van der Waals surface area contributed by atoms with Crippen molar-refractivity contribution in [1.29, 1.82) is 0 Å². The van der Waals surface area contributed by atoms with Crippen LogP contribution in [0, 0.1) is 6.33 Å². The zero-order valence-electron chi connectivity index (χ0n) is 15.7. The summed E-state index contributed by atoms with van der Waals surface area (Å²) in [4.78, 5) is 0. The fraction of sp³-hybridized carbons (Fsp3) is 0.550. The Morgan fingerprint density at radius 1 is 1.04 bits per heavy atom. The standard InChI is InChI=1S/C20H30N2O/c1-14(2)21-9-10-22(13-21)17-12-15(19(3,4)5)11-16(18(17)23)20(6,7)8/h9-12,14,23H,1-8H3. The minimum absolute atomic E-state index is 0.0175. The summed E-state index contributed by atoms with van der Waals surface area (Å²) < 4.78 is 3.90. The van der Waals surface area contributed by atoms with Crippen molar-refractivity contribution >= 4 is 0 Å². The lowest BCUT2D eigenvalue weighted by Crippen LogP contribution is -2.31. The molecule has 0 saturated carbocycles. The highest BCUT2D eigenvalue weighted by atomic mass is 16.3. The van der Waals surface area contributed by atoms with Gasteiger partial charge in [0.25, 0.3) is 0 Å². The number of phenolic OH excluding ortho intramolecular Hbond substituents is 1. The summed E-state index contributed by atoms with van der Waals surface area (Å²) in [6.07, 6.45) is 7.24. The Hall–Kier alpha value is -1.77. The van der Waals surface area contributed by atoms with Crippen molar-refractivity contribution in [3.05, 3.63) is 42.0 Å². The Balaban J connectivity index is 2.71. The molecule has 0 aliphatic rings. The van der Waals surface area contributed by atoms with Crippen LogP contribution in [0.2, 0.25) is 0 Å². The molecule has 1 aromatic carbocycles. The number of imidazole rings is 1. The Morgan fingerprint density at radius 2 is 1.65 bits per heavy atom. The highest BCUT2D eigenvalue weighted by Gasteiger charge is 2.25. The number of rotatable bonds is 2. The molecular formula is C20H30N2O. The Kier molecular flexibility index (Phi) is 4.36. The quantitative estimate of drug-likeness (QED) is 0.644. The van der Waals surface area contributed by atoms with E-state index in [2.05, 4.69) is 73.8 Å². The molecule has 2 aromatic rings. The van der Waals surface area contributed by atoms with Gasteiger partial charge in [0.05, 0.1) is 11.7 Å². The van der Waals surface area contributed by atoms with Gasteiger partial charge >= 0.3 is 0 Å². The zero-order valence-corrected chi connectivity index (χ0v) is 15.7. The monoisotopic (exact) mass is 314 g/mol. The average Bonchev–Trinajstić information content (AvgIpc) is 2.85. The molecule has 0 saturated heterocycles. The lowest BCUT2D eigenvalue weighted by atomic mass is 9.79.